The van der Waals surface area contributed by atoms with Gasteiger partial charge < -0.3 is 16.0 Å². The second kappa shape index (κ2) is 9.59. The Hall–Kier alpha value is -3.75. The number of hydrogen-bond donors (Lipinski definition) is 2. The van der Waals surface area contributed by atoms with Crippen molar-refractivity contribution in [1.82, 2.24) is 15.1 Å². The maximum Gasteiger partial charge on any atom is 0.325 e. The summed E-state index contributed by atoms with van der Waals surface area (Å²) in [6.07, 6.45) is 0.177. The Balaban J connectivity index is 1.80. The number of benzene rings is 2. The van der Waals surface area contributed by atoms with E-state index in [1.165, 1.54) is 29.2 Å². The molecule has 1 unspecified atom stereocenters. The van der Waals surface area contributed by atoms with E-state index in [-0.39, 0.29) is 25.9 Å². The molecule has 1 fully saturated rings. The third-order valence-electron chi connectivity index (χ3n) is 5.53. The molecule has 168 valence electrons. The van der Waals surface area contributed by atoms with Crippen molar-refractivity contribution < 1.29 is 23.6 Å². The lowest BCUT2D eigenvalue weighted by Crippen LogP contribution is -2.46. The Morgan fingerprint density at radius 2 is 1.75 bits per heavy atom. The number of amides is 5. The van der Waals surface area contributed by atoms with Gasteiger partial charge in [0, 0.05) is 19.5 Å². The maximum atomic E-state index is 13.4. The van der Waals surface area contributed by atoms with E-state index >= 15 is 0 Å². The van der Waals surface area contributed by atoms with E-state index < -0.39 is 41.7 Å². The topological polar surface area (TPSA) is 113 Å². The number of halogens is 1. The van der Waals surface area contributed by atoms with Crippen LogP contribution in [0.5, 0.6) is 0 Å². The quantitative estimate of drug-likeness (QED) is 0.580. The van der Waals surface area contributed by atoms with Crippen LogP contribution >= 0.6 is 0 Å². The van der Waals surface area contributed by atoms with Gasteiger partial charge in [-0.25, -0.2) is 9.18 Å². The van der Waals surface area contributed by atoms with Crippen LogP contribution in [0.15, 0.2) is 54.6 Å². The molecule has 0 radical (unpaired) electrons. The van der Waals surface area contributed by atoms with E-state index in [0.717, 1.165) is 10.5 Å². The van der Waals surface area contributed by atoms with E-state index in [2.05, 4.69) is 5.32 Å². The molecule has 8 nitrogen and oxygen atoms in total. The average Bonchev–Trinajstić information content (AvgIpc) is 3.02. The summed E-state index contributed by atoms with van der Waals surface area (Å²) in [5, 5.41) is 2.67. The zero-order chi connectivity index (χ0) is 23.3. The van der Waals surface area contributed by atoms with Gasteiger partial charge in [0.05, 0.1) is 0 Å². The summed E-state index contributed by atoms with van der Waals surface area (Å²) in [6, 6.07) is 13.7. The number of nitrogens with zero attached hydrogens (tertiary/aromatic N) is 2. The molecule has 1 saturated heterocycles. The molecule has 0 aromatic heterocycles. The highest BCUT2D eigenvalue weighted by Gasteiger charge is 2.51. The zero-order valence-electron chi connectivity index (χ0n) is 17.7. The van der Waals surface area contributed by atoms with Gasteiger partial charge in [-0.2, -0.15) is 0 Å². The van der Waals surface area contributed by atoms with E-state index in [9.17, 15) is 23.6 Å². The molecule has 0 aliphatic carbocycles. The number of rotatable bonds is 9. The monoisotopic (exact) mass is 440 g/mol. The number of primary amides is 1. The van der Waals surface area contributed by atoms with Gasteiger partial charge in [0.2, 0.25) is 11.8 Å². The largest absolute Gasteiger partial charge is 0.370 e. The minimum Gasteiger partial charge on any atom is -0.370 e. The van der Waals surface area contributed by atoms with Crippen molar-refractivity contribution in [1.29, 1.82) is 0 Å². The number of urea groups is 1. The summed E-state index contributed by atoms with van der Waals surface area (Å²) < 4.78 is 13.4. The molecule has 1 heterocycles. The number of nitrogens with two attached hydrogens (primary N) is 1. The average molecular weight is 440 g/mol. The minimum atomic E-state index is -1.37. The normalized spacial score (nSPS) is 17.9. The fourth-order valence-electron chi connectivity index (χ4n) is 3.72. The molecule has 0 saturated carbocycles. The molecule has 32 heavy (non-hydrogen) atoms. The third kappa shape index (κ3) is 4.77. The Labute approximate surface area is 185 Å². The van der Waals surface area contributed by atoms with Crippen LogP contribution in [0.4, 0.5) is 9.18 Å². The van der Waals surface area contributed by atoms with Crippen LogP contribution in [0, 0.1) is 5.82 Å². The van der Waals surface area contributed by atoms with Crippen LogP contribution in [0.3, 0.4) is 0 Å². The first kappa shape index (κ1) is 22.9. The van der Waals surface area contributed by atoms with Gasteiger partial charge in [-0.05, 0) is 29.7 Å². The molecule has 1 aliphatic heterocycles. The predicted octanol–water partition coefficient (Wildman–Crippen LogP) is 1.89. The van der Waals surface area contributed by atoms with E-state index in [1.807, 2.05) is 30.3 Å². The van der Waals surface area contributed by atoms with E-state index in [4.69, 9.17) is 5.73 Å². The standard InChI is InChI=1S/C23H25FN4O4/c1-2-23(17-8-10-18(24)11-9-17)21(31)28(22(32)26-23)15-20(30)27(13-12-19(25)29)14-16-6-4-3-5-7-16/h3-11H,2,12-15H2,1H3,(H2,25,29)(H,26,32). The highest BCUT2D eigenvalue weighted by Crippen LogP contribution is 2.32. The fourth-order valence-corrected chi connectivity index (χ4v) is 3.72. The fraction of sp³-hybridized carbons (Fsp3) is 0.304. The smallest absolute Gasteiger partial charge is 0.325 e. The summed E-state index contributed by atoms with van der Waals surface area (Å²) >= 11 is 0. The predicted molar refractivity (Wildman–Crippen MR) is 114 cm³/mol. The van der Waals surface area contributed by atoms with Crippen molar-refractivity contribution in [3.8, 4) is 0 Å². The van der Waals surface area contributed by atoms with E-state index in [0.29, 0.717) is 5.56 Å². The number of carbonyl (C=O) groups is 4. The third-order valence-corrected chi connectivity index (χ3v) is 5.53. The summed E-state index contributed by atoms with van der Waals surface area (Å²) in [5.74, 6) is -2.11. The molecule has 9 heteroatoms. The second-order valence-corrected chi connectivity index (χ2v) is 7.60. The Morgan fingerprint density at radius 1 is 1.09 bits per heavy atom. The molecule has 1 aliphatic rings. The highest BCUT2D eigenvalue weighted by atomic mass is 19.1. The molecule has 2 aromatic carbocycles. The molecule has 0 spiro atoms. The molecule has 2 aromatic rings. The first-order valence-electron chi connectivity index (χ1n) is 10.3. The van der Waals surface area contributed by atoms with Crippen molar-refractivity contribution in [3.63, 3.8) is 0 Å². The lowest BCUT2D eigenvalue weighted by atomic mass is 9.87. The van der Waals surface area contributed by atoms with Crippen LogP contribution in [-0.2, 0) is 26.5 Å². The molecule has 1 atom stereocenters. The zero-order valence-corrected chi connectivity index (χ0v) is 17.7. The molecular weight excluding hydrogens is 415 g/mol. The second-order valence-electron chi connectivity index (χ2n) is 7.60. The first-order valence-corrected chi connectivity index (χ1v) is 10.3. The number of imide groups is 1. The first-order chi connectivity index (χ1) is 15.3. The summed E-state index contributed by atoms with van der Waals surface area (Å²) in [5.41, 5.74) is 5.13. The van der Waals surface area contributed by atoms with Crippen LogP contribution < -0.4 is 11.1 Å². The van der Waals surface area contributed by atoms with Crippen molar-refractivity contribution in [2.24, 2.45) is 5.73 Å². The van der Waals surface area contributed by atoms with Gasteiger partial charge in [-0.1, -0.05) is 49.4 Å². The van der Waals surface area contributed by atoms with Gasteiger partial charge in [0.15, 0.2) is 0 Å². The van der Waals surface area contributed by atoms with Crippen LogP contribution in [0.1, 0.15) is 30.9 Å². The van der Waals surface area contributed by atoms with E-state index in [1.54, 1.807) is 6.92 Å². The van der Waals surface area contributed by atoms with Gasteiger partial charge in [-0.3, -0.25) is 19.3 Å². The van der Waals surface area contributed by atoms with Crippen LogP contribution in [0.2, 0.25) is 0 Å². The van der Waals surface area contributed by atoms with Crippen molar-refractivity contribution >= 4 is 23.8 Å². The van der Waals surface area contributed by atoms with Crippen molar-refractivity contribution in [2.45, 2.75) is 31.8 Å². The number of hydrogen-bond acceptors (Lipinski definition) is 4. The Morgan fingerprint density at radius 3 is 2.34 bits per heavy atom. The molecule has 3 N–H and O–H groups in total. The summed E-state index contributed by atoms with van der Waals surface area (Å²) in [6.45, 7) is 1.50. The van der Waals surface area contributed by atoms with Crippen molar-refractivity contribution in [3.05, 3.63) is 71.5 Å². The molecule has 5 amide bonds. The highest BCUT2D eigenvalue weighted by molar-refractivity contribution is 6.09. The van der Waals surface area contributed by atoms with Gasteiger partial charge in [0.25, 0.3) is 5.91 Å². The van der Waals surface area contributed by atoms with Gasteiger partial charge in [-0.15, -0.1) is 0 Å². The maximum absolute atomic E-state index is 13.4. The van der Waals surface area contributed by atoms with Crippen LogP contribution in [0.25, 0.3) is 0 Å². The van der Waals surface area contributed by atoms with Gasteiger partial charge >= 0.3 is 6.03 Å². The molecular formula is C23H25FN4O4. The molecule has 3 rings (SSSR count). The lowest BCUT2D eigenvalue weighted by molar-refractivity contribution is -0.140. The number of carbonyl (C=O) groups excluding carboxylic acids is 4. The Bertz CT molecular complexity index is 1010. The summed E-state index contributed by atoms with van der Waals surface area (Å²) in [7, 11) is 0. The number of nitrogens with one attached hydrogen (secondary N) is 1. The van der Waals surface area contributed by atoms with Gasteiger partial charge in [0.1, 0.15) is 17.9 Å². The SMILES string of the molecule is CCC1(c2ccc(F)cc2)NC(=O)N(CC(=O)N(CCC(N)=O)Cc2ccccc2)C1=O. The summed E-state index contributed by atoms with van der Waals surface area (Å²) in [4.78, 5) is 52.4. The Kier molecular flexibility index (Phi) is 6.87. The molecule has 0 bridgehead atoms. The van der Waals surface area contributed by atoms with Crippen LogP contribution in [-0.4, -0.2) is 46.6 Å². The lowest BCUT2D eigenvalue weighted by Gasteiger charge is -2.27. The van der Waals surface area contributed by atoms with Crippen molar-refractivity contribution in [2.75, 3.05) is 13.1 Å². The minimum absolute atomic E-state index is 0.0484.